The summed E-state index contributed by atoms with van der Waals surface area (Å²) in [7, 11) is 0. The molecule has 1 atom stereocenters. The van der Waals surface area contributed by atoms with Crippen LogP contribution in [0.2, 0.25) is 0 Å². The van der Waals surface area contributed by atoms with Gasteiger partial charge in [-0.05, 0) is 26.2 Å². The number of ether oxygens (including phenoxy) is 1. The van der Waals surface area contributed by atoms with E-state index in [0.717, 1.165) is 51.2 Å². The van der Waals surface area contributed by atoms with Crippen LogP contribution in [-0.2, 0) is 29.7 Å². The Morgan fingerprint density at radius 3 is 3.00 bits per heavy atom. The van der Waals surface area contributed by atoms with E-state index < -0.39 is 0 Å². The lowest BCUT2D eigenvalue weighted by Gasteiger charge is -2.26. The molecule has 0 aromatic carbocycles. The van der Waals surface area contributed by atoms with Gasteiger partial charge in [0, 0.05) is 37.4 Å². The second-order valence-electron chi connectivity index (χ2n) is 5.38. The van der Waals surface area contributed by atoms with Crippen LogP contribution in [0.15, 0.2) is 0 Å². The first-order valence-electron chi connectivity index (χ1n) is 6.97. The van der Waals surface area contributed by atoms with Gasteiger partial charge in [-0.2, -0.15) is 0 Å². The van der Waals surface area contributed by atoms with Crippen LogP contribution in [0.25, 0.3) is 0 Å². The normalized spacial score (nSPS) is 27.2. The summed E-state index contributed by atoms with van der Waals surface area (Å²) in [6, 6.07) is 0. The maximum atomic E-state index is 5.88. The minimum Gasteiger partial charge on any atom is -0.367 e. The molecule has 98 valence electrons. The topological polar surface area (TPSA) is 47.0 Å². The molecule has 1 aromatic rings. The van der Waals surface area contributed by atoms with Crippen molar-refractivity contribution >= 4 is 0 Å². The Bertz CT molecular complexity index is 435. The third-order valence-electron chi connectivity index (χ3n) is 4.05. The molecule has 0 amide bonds. The monoisotopic (exact) mass is 247 g/mol. The van der Waals surface area contributed by atoms with Gasteiger partial charge < -0.3 is 10.1 Å². The van der Waals surface area contributed by atoms with E-state index in [1.54, 1.807) is 0 Å². The van der Waals surface area contributed by atoms with Crippen molar-refractivity contribution in [3.05, 3.63) is 22.8 Å². The highest BCUT2D eigenvalue weighted by Crippen LogP contribution is 2.34. The van der Waals surface area contributed by atoms with Gasteiger partial charge in [-0.3, -0.25) is 0 Å². The predicted octanol–water partition coefficient (Wildman–Crippen LogP) is 1.71. The highest BCUT2D eigenvalue weighted by molar-refractivity contribution is 5.29. The van der Waals surface area contributed by atoms with Crippen LogP contribution in [0.3, 0.4) is 0 Å². The minimum absolute atomic E-state index is 0.260. The number of hydrogen-bond donors (Lipinski definition) is 1. The highest BCUT2D eigenvalue weighted by atomic mass is 16.5. The van der Waals surface area contributed by atoms with Crippen LogP contribution in [0.4, 0.5) is 0 Å². The van der Waals surface area contributed by atoms with Gasteiger partial charge in [0.15, 0.2) is 5.82 Å². The third kappa shape index (κ3) is 1.93. The lowest BCUT2D eigenvalue weighted by molar-refractivity contribution is 0.00889. The number of nitrogens with zero attached hydrogens (tertiary/aromatic N) is 2. The van der Waals surface area contributed by atoms with Crippen molar-refractivity contribution in [1.29, 1.82) is 0 Å². The van der Waals surface area contributed by atoms with Gasteiger partial charge in [0.25, 0.3) is 0 Å². The van der Waals surface area contributed by atoms with E-state index >= 15 is 0 Å². The zero-order valence-electron chi connectivity index (χ0n) is 11.3. The first-order chi connectivity index (χ1) is 8.73. The molecule has 2 aliphatic heterocycles. The van der Waals surface area contributed by atoms with E-state index in [9.17, 15) is 0 Å². The maximum absolute atomic E-state index is 5.88. The number of fused-ring (bicyclic) bond motifs is 1. The lowest BCUT2D eigenvalue weighted by atomic mass is 9.98. The van der Waals surface area contributed by atoms with Crippen LogP contribution >= 0.6 is 0 Å². The molecule has 3 rings (SSSR count). The van der Waals surface area contributed by atoms with Crippen LogP contribution in [0.5, 0.6) is 0 Å². The molecule has 1 aromatic heterocycles. The molecular formula is C14H21N3O. The Kier molecular flexibility index (Phi) is 3.08. The van der Waals surface area contributed by atoms with Crippen molar-refractivity contribution in [2.24, 2.45) is 0 Å². The second-order valence-corrected chi connectivity index (χ2v) is 5.38. The van der Waals surface area contributed by atoms with E-state index in [2.05, 4.69) is 19.2 Å². The molecule has 0 aliphatic carbocycles. The van der Waals surface area contributed by atoms with Crippen molar-refractivity contribution < 1.29 is 4.74 Å². The zero-order chi connectivity index (χ0) is 12.6. The molecule has 0 bridgehead atoms. The summed E-state index contributed by atoms with van der Waals surface area (Å²) in [6.45, 7) is 7.06. The van der Waals surface area contributed by atoms with Crippen LogP contribution in [0.1, 0.15) is 49.5 Å². The smallest absolute Gasteiger partial charge is 0.160 e. The molecule has 0 radical (unpaired) electrons. The van der Waals surface area contributed by atoms with Gasteiger partial charge in [-0.1, -0.05) is 6.92 Å². The van der Waals surface area contributed by atoms with Crippen molar-refractivity contribution in [2.75, 3.05) is 13.2 Å². The van der Waals surface area contributed by atoms with Gasteiger partial charge in [0.2, 0.25) is 0 Å². The number of aryl methyl sites for hydroxylation is 1. The number of hydrogen-bond acceptors (Lipinski definition) is 4. The fourth-order valence-electron chi connectivity index (χ4n) is 2.90. The maximum Gasteiger partial charge on any atom is 0.160 e. The van der Waals surface area contributed by atoms with E-state index in [1.165, 1.54) is 17.0 Å². The fourth-order valence-corrected chi connectivity index (χ4v) is 2.90. The Hall–Kier alpha value is -1.00. The first-order valence-corrected chi connectivity index (χ1v) is 6.97. The van der Waals surface area contributed by atoms with Crippen molar-refractivity contribution in [1.82, 2.24) is 15.3 Å². The minimum atomic E-state index is -0.260. The molecule has 18 heavy (non-hydrogen) atoms. The van der Waals surface area contributed by atoms with Gasteiger partial charge in [0.1, 0.15) is 5.60 Å². The average molecular weight is 247 g/mol. The molecular weight excluding hydrogens is 226 g/mol. The van der Waals surface area contributed by atoms with Gasteiger partial charge in [-0.25, -0.2) is 9.97 Å². The Morgan fingerprint density at radius 2 is 2.28 bits per heavy atom. The van der Waals surface area contributed by atoms with E-state index in [1.807, 2.05) is 0 Å². The standard InChI is InChI=1S/C14H21N3O/c1-3-11-10-9-15-7-5-12(10)17-13(16-11)14(2)6-4-8-18-14/h15H,3-9H2,1-2H3. The summed E-state index contributed by atoms with van der Waals surface area (Å²) >= 11 is 0. The van der Waals surface area contributed by atoms with Gasteiger partial charge in [-0.15, -0.1) is 0 Å². The van der Waals surface area contributed by atoms with Crippen molar-refractivity contribution in [3.8, 4) is 0 Å². The summed E-state index contributed by atoms with van der Waals surface area (Å²) in [6.07, 6.45) is 4.12. The Morgan fingerprint density at radius 1 is 1.39 bits per heavy atom. The molecule has 3 heterocycles. The Labute approximate surface area is 108 Å². The predicted molar refractivity (Wildman–Crippen MR) is 69.4 cm³/mol. The summed E-state index contributed by atoms with van der Waals surface area (Å²) < 4.78 is 5.88. The molecule has 1 saturated heterocycles. The molecule has 4 heteroatoms. The molecule has 0 spiro atoms. The number of rotatable bonds is 2. The molecule has 4 nitrogen and oxygen atoms in total. The molecule has 1 N–H and O–H groups in total. The molecule has 1 unspecified atom stereocenters. The molecule has 1 fully saturated rings. The highest BCUT2D eigenvalue weighted by Gasteiger charge is 2.36. The SMILES string of the molecule is CCc1nc(C2(C)CCCO2)nc2c1CNCC2. The van der Waals surface area contributed by atoms with E-state index in [4.69, 9.17) is 14.7 Å². The lowest BCUT2D eigenvalue weighted by Crippen LogP contribution is -2.30. The van der Waals surface area contributed by atoms with Crippen molar-refractivity contribution in [2.45, 2.75) is 51.7 Å². The summed E-state index contributed by atoms with van der Waals surface area (Å²) in [5.41, 5.74) is 3.48. The fraction of sp³-hybridized carbons (Fsp3) is 0.714. The summed E-state index contributed by atoms with van der Waals surface area (Å²) in [5, 5.41) is 3.40. The number of nitrogens with one attached hydrogen (secondary N) is 1. The summed E-state index contributed by atoms with van der Waals surface area (Å²) in [4.78, 5) is 9.58. The molecule has 0 saturated carbocycles. The third-order valence-corrected chi connectivity index (χ3v) is 4.05. The van der Waals surface area contributed by atoms with E-state index in [0.29, 0.717) is 0 Å². The van der Waals surface area contributed by atoms with Crippen LogP contribution in [-0.4, -0.2) is 23.1 Å². The van der Waals surface area contributed by atoms with E-state index in [-0.39, 0.29) is 5.60 Å². The average Bonchev–Trinajstić information content (AvgIpc) is 2.85. The summed E-state index contributed by atoms with van der Waals surface area (Å²) in [5.74, 6) is 0.900. The van der Waals surface area contributed by atoms with Crippen molar-refractivity contribution in [3.63, 3.8) is 0 Å². The second kappa shape index (κ2) is 4.59. The Balaban J connectivity index is 2.05. The molecule has 2 aliphatic rings. The number of aromatic nitrogens is 2. The quantitative estimate of drug-likeness (QED) is 0.864. The van der Waals surface area contributed by atoms with Gasteiger partial charge >= 0.3 is 0 Å². The zero-order valence-corrected chi connectivity index (χ0v) is 11.3. The largest absolute Gasteiger partial charge is 0.367 e. The van der Waals surface area contributed by atoms with Crippen LogP contribution in [0, 0.1) is 0 Å². The van der Waals surface area contributed by atoms with Gasteiger partial charge in [0.05, 0.1) is 5.69 Å². The first kappa shape index (κ1) is 12.1. The van der Waals surface area contributed by atoms with Crippen LogP contribution < -0.4 is 5.32 Å².